The van der Waals surface area contributed by atoms with Crippen LogP contribution in [0.4, 0.5) is 5.82 Å². The molecule has 0 atom stereocenters. The molecule has 1 aromatic heterocycles. The second-order valence-corrected chi connectivity index (χ2v) is 4.93. The van der Waals surface area contributed by atoms with Gasteiger partial charge in [0.25, 0.3) is 0 Å². The zero-order chi connectivity index (χ0) is 12.1. The van der Waals surface area contributed by atoms with Crippen molar-refractivity contribution < 1.29 is 0 Å². The van der Waals surface area contributed by atoms with E-state index in [2.05, 4.69) is 27.2 Å². The molecule has 1 N–H and O–H groups in total. The minimum atomic E-state index is 0.776. The molecule has 0 bridgehead atoms. The van der Waals surface area contributed by atoms with Gasteiger partial charge in [0.05, 0.1) is 11.9 Å². The van der Waals surface area contributed by atoms with Crippen LogP contribution in [0.15, 0.2) is 12.4 Å². The van der Waals surface area contributed by atoms with Crippen molar-refractivity contribution in [3.05, 3.63) is 18.1 Å². The third kappa shape index (κ3) is 3.40. The van der Waals surface area contributed by atoms with Crippen LogP contribution < -0.4 is 10.2 Å². The highest BCUT2D eigenvalue weighted by atomic mass is 15.2. The van der Waals surface area contributed by atoms with Gasteiger partial charge in [0.15, 0.2) is 0 Å². The summed E-state index contributed by atoms with van der Waals surface area (Å²) < 4.78 is 0. The summed E-state index contributed by atoms with van der Waals surface area (Å²) >= 11 is 0. The van der Waals surface area contributed by atoms with Gasteiger partial charge in [-0.2, -0.15) is 0 Å². The molecule has 4 heteroatoms. The van der Waals surface area contributed by atoms with Crippen LogP contribution in [0, 0.1) is 5.92 Å². The Bertz CT molecular complexity index is 347. The lowest BCUT2D eigenvalue weighted by Crippen LogP contribution is -2.25. The van der Waals surface area contributed by atoms with Gasteiger partial charge in [-0.3, -0.25) is 4.98 Å². The Morgan fingerprint density at radius 2 is 2.12 bits per heavy atom. The third-order valence-electron chi connectivity index (χ3n) is 3.43. The number of nitrogens with zero attached hydrogens (tertiary/aromatic N) is 3. The summed E-state index contributed by atoms with van der Waals surface area (Å²) in [6, 6.07) is 0. The molecule has 4 nitrogen and oxygen atoms in total. The molecule has 0 saturated heterocycles. The van der Waals surface area contributed by atoms with E-state index in [0.29, 0.717) is 0 Å². The van der Waals surface area contributed by atoms with Crippen LogP contribution in [0.3, 0.4) is 0 Å². The van der Waals surface area contributed by atoms with Crippen LogP contribution >= 0.6 is 0 Å². The largest absolute Gasteiger partial charge is 0.358 e. The molecule has 1 saturated carbocycles. The lowest BCUT2D eigenvalue weighted by molar-refractivity contribution is 0.544. The lowest BCUT2D eigenvalue weighted by atomic mass is 10.1. The molecule has 1 aliphatic carbocycles. The van der Waals surface area contributed by atoms with Gasteiger partial charge in [0.1, 0.15) is 5.82 Å². The van der Waals surface area contributed by atoms with E-state index in [-0.39, 0.29) is 0 Å². The average molecular weight is 234 g/mol. The SMILES string of the molecule is CNCc1cncc(N(C)CC2CCCC2)n1. The van der Waals surface area contributed by atoms with Crippen molar-refractivity contribution in [2.75, 3.05) is 25.5 Å². The summed E-state index contributed by atoms with van der Waals surface area (Å²) in [5.74, 6) is 1.83. The summed E-state index contributed by atoms with van der Waals surface area (Å²) in [7, 11) is 4.04. The van der Waals surface area contributed by atoms with E-state index in [1.54, 1.807) is 0 Å². The molecule has 2 rings (SSSR count). The molecule has 1 aliphatic rings. The van der Waals surface area contributed by atoms with Gasteiger partial charge in [-0.05, 0) is 25.8 Å². The van der Waals surface area contributed by atoms with E-state index in [1.165, 1.54) is 25.7 Å². The topological polar surface area (TPSA) is 41.1 Å². The first-order valence-corrected chi connectivity index (χ1v) is 6.46. The zero-order valence-electron chi connectivity index (χ0n) is 10.8. The minimum Gasteiger partial charge on any atom is -0.358 e. The van der Waals surface area contributed by atoms with Gasteiger partial charge < -0.3 is 10.2 Å². The second kappa shape index (κ2) is 5.96. The Hall–Kier alpha value is -1.16. The van der Waals surface area contributed by atoms with Gasteiger partial charge in [-0.15, -0.1) is 0 Å². The summed E-state index contributed by atoms with van der Waals surface area (Å²) in [6.45, 7) is 1.88. The van der Waals surface area contributed by atoms with Crippen LogP contribution in [0.25, 0.3) is 0 Å². The quantitative estimate of drug-likeness (QED) is 0.844. The number of hydrogen-bond acceptors (Lipinski definition) is 4. The molecular weight excluding hydrogens is 212 g/mol. The maximum atomic E-state index is 4.61. The zero-order valence-corrected chi connectivity index (χ0v) is 10.8. The number of rotatable bonds is 5. The molecule has 0 amide bonds. The van der Waals surface area contributed by atoms with Crippen molar-refractivity contribution in [1.82, 2.24) is 15.3 Å². The minimum absolute atomic E-state index is 0.776. The third-order valence-corrected chi connectivity index (χ3v) is 3.43. The molecular formula is C13H22N4. The van der Waals surface area contributed by atoms with Gasteiger partial charge in [0, 0.05) is 26.3 Å². The van der Waals surface area contributed by atoms with E-state index in [9.17, 15) is 0 Å². The maximum absolute atomic E-state index is 4.61. The Balaban J connectivity index is 1.97. The molecule has 0 unspecified atom stereocenters. The Morgan fingerprint density at radius 1 is 1.35 bits per heavy atom. The predicted molar refractivity (Wildman–Crippen MR) is 70.0 cm³/mol. The number of aromatic nitrogens is 2. The fourth-order valence-electron chi connectivity index (χ4n) is 2.52. The summed E-state index contributed by atoms with van der Waals surface area (Å²) in [4.78, 5) is 11.1. The van der Waals surface area contributed by atoms with Crippen LogP contribution in [0.1, 0.15) is 31.4 Å². The molecule has 1 heterocycles. The van der Waals surface area contributed by atoms with E-state index < -0.39 is 0 Å². The van der Waals surface area contributed by atoms with Crippen molar-refractivity contribution in [2.45, 2.75) is 32.2 Å². The van der Waals surface area contributed by atoms with Crippen molar-refractivity contribution in [3.8, 4) is 0 Å². The number of hydrogen-bond donors (Lipinski definition) is 1. The molecule has 0 aromatic carbocycles. The van der Waals surface area contributed by atoms with Gasteiger partial charge >= 0.3 is 0 Å². The lowest BCUT2D eigenvalue weighted by Gasteiger charge is -2.22. The smallest absolute Gasteiger partial charge is 0.147 e. The Morgan fingerprint density at radius 3 is 2.82 bits per heavy atom. The maximum Gasteiger partial charge on any atom is 0.147 e. The molecule has 0 spiro atoms. The molecule has 17 heavy (non-hydrogen) atoms. The van der Waals surface area contributed by atoms with E-state index in [1.807, 2.05) is 19.4 Å². The standard InChI is InChI=1S/C13H22N4/c1-14-7-12-8-15-9-13(16-12)17(2)10-11-5-3-4-6-11/h8-9,11,14H,3-7,10H2,1-2H3. The fraction of sp³-hybridized carbons (Fsp3) is 0.692. The highest BCUT2D eigenvalue weighted by Crippen LogP contribution is 2.26. The second-order valence-electron chi connectivity index (χ2n) is 4.93. The molecule has 0 aliphatic heterocycles. The predicted octanol–water partition coefficient (Wildman–Crippen LogP) is 1.82. The van der Waals surface area contributed by atoms with Gasteiger partial charge in [-0.25, -0.2) is 4.98 Å². The Labute approximate surface area is 103 Å². The molecule has 1 fully saturated rings. The number of nitrogens with one attached hydrogen (secondary N) is 1. The first kappa shape index (κ1) is 12.3. The summed E-state index contributed by atoms with van der Waals surface area (Å²) in [6.07, 6.45) is 9.20. The highest BCUT2D eigenvalue weighted by molar-refractivity contribution is 5.35. The van der Waals surface area contributed by atoms with Crippen LogP contribution in [0.5, 0.6) is 0 Å². The molecule has 0 radical (unpaired) electrons. The van der Waals surface area contributed by atoms with Crippen LogP contribution in [-0.2, 0) is 6.54 Å². The van der Waals surface area contributed by atoms with Crippen molar-refractivity contribution >= 4 is 5.82 Å². The van der Waals surface area contributed by atoms with Crippen molar-refractivity contribution in [1.29, 1.82) is 0 Å². The highest BCUT2D eigenvalue weighted by Gasteiger charge is 2.17. The molecule has 1 aromatic rings. The first-order chi connectivity index (χ1) is 8.29. The first-order valence-electron chi connectivity index (χ1n) is 6.46. The van der Waals surface area contributed by atoms with Gasteiger partial charge in [0.2, 0.25) is 0 Å². The van der Waals surface area contributed by atoms with Gasteiger partial charge in [-0.1, -0.05) is 12.8 Å². The van der Waals surface area contributed by atoms with E-state index >= 15 is 0 Å². The van der Waals surface area contributed by atoms with Crippen molar-refractivity contribution in [3.63, 3.8) is 0 Å². The van der Waals surface area contributed by atoms with Crippen LogP contribution in [-0.4, -0.2) is 30.6 Å². The summed E-state index contributed by atoms with van der Waals surface area (Å²) in [5, 5.41) is 3.10. The van der Waals surface area contributed by atoms with Crippen molar-refractivity contribution in [2.24, 2.45) is 5.92 Å². The monoisotopic (exact) mass is 234 g/mol. The van der Waals surface area contributed by atoms with E-state index in [4.69, 9.17) is 0 Å². The number of anilines is 1. The molecule has 94 valence electrons. The Kier molecular flexibility index (Phi) is 4.31. The average Bonchev–Trinajstić information content (AvgIpc) is 2.83. The fourth-order valence-corrected chi connectivity index (χ4v) is 2.52. The van der Waals surface area contributed by atoms with E-state index in [0.717, 1.165) is 30.5 Å². The summed E-state index contributed by atoms with van der Waals surface area (Å²) in [5.41, 5.74) is 1.00. The van der Waals surface area contributed by atoms with Crippen LogP contribution in [0.2, 0.25) is 0 Å². The normalized spacial score (nSPS) is 16.4.